The molecule has 1 amide bonds. The van der Waals surface area contributed by atoms with Crippen LogP contribution in [0.2, 0.25) is 0 Å². The van der Waals surface area contributed by atoms with Crippen LogP contribution < -0.4 is 0 Å². The van der Waals surface area contributed by atoms with Crippen LogP contribution in [0.1, 0.15) is 41.6 Å². The molecule has 0 saturated heterocycles. The summed E-state index contributed by atoms with van der Waals surface area (Å²) in [6, 6.07) is 2.64. The van der Waals surface area contributed by atoms with E-state index in [4.69, 9.17) is 0 Å². The molecule has 0 radical (unpaired) electrons. The number of hydrogen-bond acceptors (Lipinski definition) is 1. The lowest BCUT2D eigenvalue weighted by molar-refractivity contribution is 0.0571. The molecule has 0 aromatic heterocycles. The Morgan fingerprint density at radius 3 is 2.65 bits per heavy atom. The second-order valence-electron chi connectivity index (χ2n) is 5.18. The van der Waals surface area contributed by atoms with Crippen LogP contribution in [0.5, 0.6) is 0 Å². The molecule has 0 atom stereocenters. The minimum Gasteiger partial charge on any atom is -0.335 e. The molecule has 2 nitrogen and oxygen atoms in total. The maximum atomic E-state index is 14.1. The van der Waals surface area contributed by atoms with Crippen molar-refractivity contribution in [2.24, 2.45) is 0 Å². The topological polar surface area (TPSA) is 20.3 Å². The van der Waals surface area contributed by atoms with Crippen molar-refractivity contribution in [1.29, 1.82) is 0 Å². The molecule has 0 heterocycles. The molecule has 110 valence electrons. The summed E-state index contributed by atoms with van der Waals surface area (Å²) >= 11 is 3.33. The lowest BCUT2D eigenvalue weighted by Gasteiger charge is -2.37. The van der Waals surface area contributed by atoms with Gasteiger partial charge in [-0.1, -0.05) is 22.0 Å². The van der Waals surface area contributed by atoms with Crippen molar-refractivity contribution in [2.75, 3.05) is 11.9 Å². The Hall–Kier alpha value is -0.970. The van der Waals surface area contributed by atoms with E-state index in [9.17, 15) is 13.6 Å². The number of hydrogen-bond donors (Lipinski definition) is 0. The molecule has 5 heteroatoms. The van der Waals surface area contributed by atoms with Gasteiger partial charge in [0.1, 0.15) is 17.2 Å². The molecule has 20 heavy (non-hydrogen) atoms. The van der Waals surface area contributed by atoms with Crippen LogP contribution in [-0.2, 0) is 0 Å². The highest BCUT2D eigenvalue weighted by Gasteiger charge is 2.32. The second-order valence-corrected chi connectivity index (χ2v) is 5.97. The number of alkyl halides is 1. The monoisotopic (exact) mass is 345 g/mol. The van der Waals surface area contributed by atoms with Crippen LogP contribution >= 0.6 is 15.9 Å². The zero-order valence-corrected chi connectivity index (χ0v) is 13.1. The highest BCUT2D eigenvalue weighted by molar-refractivity contribution is 9.09. The van der Waals surface area contributed by atoms with Crippen LogP contribution in [0.15, 0.2) is 12.1 Å². The van der Waals surface area contributed by atoms with E-state index in [1.165, 1.54) is 13.0 Å². The lowest BCUT2D eigenvalue weighted by Crippen LogP contribution is -2.45. The zero-order chi connectivity index (χ0) is 14.7. The van der Waals surface area contributed by atoms with Crippen molar-refractivity contribution in [3.63, 3.8) is 0 Å². The molecule has 0 bridgehead atoms. The Morgan fingerprint density at radius 1 is 1.40 bits per heavy atom. The first-order valence-electron chi connectivity index (χ1n) is 6.87. The van der Waals surface area contributed by atoms with E-state index in [-0.39, 0.29) is 6.04 Å². The first-order valence-corrected chi connectivity index (χ1v) is 8.00. The van der Waals surface area contributed by atoms with Gasteiger partial charge in [0.2, 0.25) is 0 Å². The molecule has 0 N–H and O–H groups in total. The third kappa shape index (κ3) is 3.03. The number of rotatable bonds is 5. The summed E-state index contributed by atoms with van der Waals surface area (Å²) in [6.45, 7) is 2.07. The molecule has 0 spiro atoms. The standard InChI is InChI=1S/C15H18BrF2NO/c1-10-6-7-12(17)13(14(10)18)15(20)19(9-3-8-16)11-4-2-5-11/h6-7,11H,2-5,8-9H2,1H3. The second kappa shape index (κ2) is 6.66. The van der Waals surface area contributed by atoms with Crippen LogP contribution in [0, 0.1) is 18.6 Å². The van der Waals surface area contributed by atoms with Gasteiger partial charge in [0.05, 0.1) is 0 Å². The number of benzene rings is 1. The minimum absolute atomic E-state index is 0.126. The molecule has 0 unspecified atom stereocenters. The molecule has 0 aliphatic heterocycles. The highest BCUT2D eigenvalue weighted by Crippen LogP contribution is 2.28. The molecule has 1 fully saturated rings. The van der Waals surface area contributed by atoms with Crippen molar-refractivity contribution in [3.8, 4) is 0 Å². The SMILES string of the molecule is Cc1ccc(F)c(C(=O)N(CCCBr)C2CCC2)c1F. The number of halogens is 3. The number of aryl methyl sites for hydroxylation is 1. The van der Waals surface area contributed by atoms with Crippen molar-refractivity contribution >= 4 is 21.8 Å². The van der Waals surface area contributed by atoms with Gasteiger partial charge >= 0.3 is 0 Å². The van der Waals surface area contributed by atoms with Gasteiger partial charge in [0.25, 0.3) is 5.91 Å². The fourth-order valence-corrected chi connectivity index (χ4v) is 2.63. The first kappa shape index (κ1) is 15.4. The van der Waals surface area contributed by atoms with Crippen molar-refractivity contribution in [3.05, 3.63) is 34.9 Å². The predicted octanol–water partition coefficient (Wildman–Crippen LogP) is 4.05. The largest absolute Gasteiger partial charge is 0.335 e. The fourth-order valence-electron chi connectivity index (χ4n) is 2.37. The van der Waals surface area contributed by atoms with E-state index in [1.54, 1.807) is 4.90 Å². The summed E-state index contributed by atoms with van der Waals surface area (Å²) in [5.41, 5.74) is -0.115. The third-order valence-electron chi connectivity index (χ3n) is 3.81. The van der Waals surface area contributed by atoms with Gasteiger partial charge in [-0.2, -0.15) is 0 Å². The van der Waals surface area contributed by atoms with Gasteiger partial charge in [0, 0.05) is 17.9 Å². The molecule has 2 rings (SSSR count). The average molecular weight is 346 g/mol. The molecular weight excluding hydrogens is 328 g/mol. The van der Waals surface area contributed by atoms with Gasteiger partial charge in [-0.3, -0.25) is 4.79 Å². The Morgan fingerprint density at radius 2 is 2.10 bits per heavy atom. The van der Waals surface area contributed by atoms with Crippen LogP contribution in [-0.4, -0.2) is 28.7 Å². The molecular formula is C15H18BrF2NO. The van der Waals surface area contributed by atoms with E-state index in [0.29, 0.717) is 12.1 Å². The van der Waals surface area contributed by atoms with E-state index >= 15 is 0 Å². The normalized spacial score (nSPS) is 15.0. The van der Waals surface area contributed by atoms with E-state index < -0.39 is 23.1 Å². The Bertz CT molecular complexity index is 503. The van der Waals surface area contributed by atoms with E-state index in [2.05, 4.69) is 15.9 Å². The Kier molecular flexibility index (Phi) is 5.13. The quantitative estimate of drug-likeness (QED) is 0.737. The Balaban J connectivity index is 2.29. The van der Waals surface area contributed by atoms with Crippen LogP contribution in [0.4, 0.5) is 8.78 Å². The summed E-state index contributed by atoms with van der Waals surface area (Å²) in [4.78, 5) is 14.1. The molecule has 1 saturated carbocycles. The number of nitrogens with zero attached hydrogens (tertiary/aromatic N) is 1. The average Bonchev–Trinajstić information content (AvgIpc) is 2.36. The number of amides is 1. The van der Waals surface area contributed by atoms with Crippen LogP contribution in [0.25, 0.3) is 0 Å². The zero-order valence-electron chi connectivity index (χ0n) is 11.5. The van der Waals surface area contributed by atoms with E-state index in [0.717, 1.165) is 37.1 Å². The molecule has 1 aromatic rings. The third-order valence-corrected chi connectivity index (χ3v) is 4.37. The predicted molar refractivity (Wildman–Crippen MR) is 78.2 cm³/mol. The maximum absolute atomic E-state index is 14.1. The summed E-state index contributed by atoms with van der Waals surface area (Å²) in [7, 11) is 0. The van der Waals surface area contributed by atoms with Crippen molar-refractivity contribution in [1.82, 2.24) is 4.90 Å². The summed E-state index contributed by atoms with van der Waals surface area (Å²) in [5.74, 6) is -2.03. The van der Waals surface area contributed by atoms with Crippen molar-refractivity contribution < 1.29 is 13.6 Å². The van der Waals surface area contributed by atoms with Gasteiger partial charge in [-0.05, 0) is 44.2 Å². The van der Waals surface area contributed by atoms with Crippen LogP contribution in [0.3, 0.4) is 0 Å². The highest BCUT2D eigenvalue weighted by atomic mass is 79.9. The smallest absolute Gasteiger partial charge is 0.260 e. The van der Waals surface area contributed by atoms with E-state index in [1.807, 2.05) is 0 Å². The maximum Gasteiger partial charge on any atom is 0.260 e. The molecule has 1 aliphatic rings. The van der Waals surface area contributed by atoms with Gasteiger partial charge < -0.3 is 4.90 Å². The molecule has 1 aliphatic carbocycles. The fraction of sp³-hybridized carbons (Fsp3) is 0.533. The lowest BCUT2D eigenvalue weighted by atomic mass is 9.90. The summed E-state index contributed by atoms with van der Waals surface area (Å²) in [5, 5.41) is 0.766. The Labute approximate surface area is 126 Å². The summed E-state index contributed by atoms with van der Waals surface area (Å²) < 4.78 is 27.9. The number of carbonyl (C=O) groups is 1. The summed E-state index contributed by atoms with van der Waals surface area (Å²) in [6.07, 6.45) is 3.69. The molecule has 1 aromatic carbocycles. The van der Waals surface area contributed by atoms with Gasteiger partial charge in [-0.15, -0.1) is 0 Å². The minimum atomic E-state index is -0.777. The van der Waals surface area contributed by atoms with Gasteiger partial charge in [-0.25, -0.2) is 8.78 Å². The van der Waals surface area contributed by atoms with Crippen molar-refractivity contribution in [2.45, 2.75) is 38.6 Å². The van der Waals surface area contributed by atoms with Gasteiger partial charge in [0.15, 0.2) is 0 Å². The first-order chi connectivity index (χ1) is 9.56. The number of carbonyl (C=O) groups excluding carboxylic acids is 1.